The number of esters is 2. The smallest absolute Gasteiger partial charge is 0.408 e. The van der Waals surface area contributed by atoms with Crippen molar-refractivity contribution in [3.05, 3.63) is 71.8 Å². The molecule has 2 amide bonds. The van der Waals surface area contributed by atoms with Crippen molar-refractivity contribution >= 4 is 23.9 Å². The van der Waals surface area contributed by atoms with Crippen molar-refractivity contribution in [2.24, 2.45) is 0 Å². The van der Waals surface area contributed by atoms with E-state index in [1.165, 1.54) is 7.11 Å². The van der Waals surface area contributed by atoms with Gasteiger partial charge in [-0.1, -0.05) is 73.5 Å². The third-order valence-corrected chi connectivity index (χ3v) is 6.62. The second-order valence-corrected chi connectivity index (χ2v) is 10.7. The van der Waals surface area contributed by atoms with Crippen LogP contribution in [0, 0.1) is 0 Å². The maximum absolute atomic E-state index is 13.7. The van der Waals surface area contributed by atoms with E-state index in [9.17, 15) is 19.2 Å². The highest BCUT2D eigenvalue weighted by molar-refractivity contribution is 5.94. The molecule has 0 heterocycles. The van der Waals surface area contributed by atoms with Gasteiger partial charge in [-0.2, -0.15) is 0 Å². The van der Waals surface area contributed by atoms with E-state index in [-0.39, 0.29) is 12.5 Å². The highest BCUT2D eigenvalue weighted by Gasteiger charge is 2.50. The van der Waals surface area contributed by atoms with Gasteiger partial charge in [0.25, 0.3) is 0 Å². The highest BCUT2D eigenvalue weighted by atomic mass is 16.6. The molecular formula is C30H38N2O7. The zero-order chi connectivity index (χ0) is 28.5. The van der Waals surface area contributed by atoms with Crippen LogP contribution < -0.4 is 10.6 Å². The Kier molecular flexibility index (Phi) is 10.1. The SMILES string of the molecule is COC(=O)[C@@]1(NC(=O)[C@H](CC(=O)OC(C)(C)C)NC(=O)OCc2ccccc2)CCCC[C@@H]1c1ccccc1. The van der Waals surface area contributed by atoms with Crippen LogP contribution in [-0.2, 0) is 35.2 Å². The normalized spacial score (nSPS) is 19.7. The number of benzene rings is 2. The fraction of sp³-hybridized carbons (Fsp3) is 0.467. The third-order valence-electron chi connectivity index (χ3n) is 6.62. The minimum atomic E-state index is -1.37. The van der Waals surface area contributed by atoms with E-state index >= 15 is 0 Å². The minimum absolute atomic E-state index is 0.0182. The Balaban J connectivity index is 1.85. The molecule has 9 nitrogen and oxygen atoms in total. The molecule has 1 aliphatic rings. The predicted octanol–water partition coefficient (Wildman–Crippen LogP) is 4.40. The molecule has 0 aliphatic heterocycles. The van der Waals surface area contributed by atoms with Gasteiger partial charge in [0.1, 0.15) is 23.8 Å². The molecule has 2 aromatic carbocycles. The Morgan fingerprint density at radius 3 is 2.23 bits per heavy atom. The summed E-state index contributed by atoms with van der Waals surface area (Å²) in [5.41, 5.74) is -0.506. The van der Waals surface area contributed by atoms with Crippen LogP contribution >= 0.6 is 0 Å². The van der Waals surface area contributed by atoms with Crippen LogP contribution in [0.3, 0.4) is 0 Å². The van der Waals surface area contributed by atoms with Gasteiger partial charge in [0, 0.05) is 5.92 Å². The van der Waals surface area contributed by atoms with Crippen molar-refractivity contribution in [2.75, 3.05) is 7.11 Å². The Morgan fingerprint density at radius 1 is 0.974 bits per heavy atom. The lowest BCUT2D eigenvalue weighted by molar-refractivity contribution is -0.157. The standard InChI is InChI=1S/C30H38N2O7/c1-29(2,3)39-25(33)19-24(31-28(36)38-20-21-13-7-5-8-14-21)26(34)32-30(27(35)37-4)18-12-11-17-23(30)22-15-9-6-10-16-22/h5-10,13-16,23-24H,11-12,17-20H2,1-4H3,(H,31,36)(H,32,34)/t23-,24+,30-/m1/s1. The molecule has 210 valence electrons. The van der Waals surface area contributed by atoms with Crippen LogP contribution in [0.2, 0.25) is 0 Å². The number of carbonyl (C=O) groups is 4. The van der Waals surface area contributed by atoms with Gasteiger partial charge in [-0.05, 0) is 44.7 Å². The van der Waals surface area contributed by atoms with Crippen LogP contribution in [0.25, 0.3) is 0 Å². The summed E-state index contributed by atoms with van der Waals surface area (Å²) in [6, 6.07) is 17.2. The molecule has 39 heavy (non-hydrogen) atoms. The number of hydrogen-bond donors (Lipinski definition) is 2. The Morgan fingerprint density at radius 2 is 1.62 bits per heavy atom. The van der Waals surface area contributed by atoms with Crippen LogP contribution in [0.15, 0.2) is 60.7 Å². The molecule has 0 radical (unpaired) electrons. The van der Waals surface area contributed by atoms with E-state index in [2.05, 4.69) is 10.6 Å². The molecule has 2 N–H and O–H groups in total. The first kappa shape index (κ1) is 29.7. The lowest BCUT2D eigenvalue weighted by Gasteiger charge is -2.43. The van der Waals surface area contributed by atoms with Gasteiger partial charge in [0.15, 0.2) is 0 Å². The Bertz CT molecular complexity index is 1130. The molecule has 0 bridgehead atoms. The molecule has 0 unspecified atom stereocenters. The van der Waals surface area contributed by atoms with Gasteiger partial charge in [0.05, 0.1) is 13.5 Å². The summed E-state index contributed by atoms with van der Waals surface area (Å²) in [7, 11) is 1.28. The second-order valence-electron chi connectivity index (χ2n) is 10.7. The average Bonchev–Trinajstić information content (AvgIpc) is 2.91. The number of carbonyl (C=O) groups excluding carboxylic acids is 4. The summed E-state index contributed by atoms with van der Waals surface area (Å²) in [4.78, 5) is 52.4. The summed E-state index contributed by atoms with van der Waals surface area (Å²) in [5, 5.41) is 5.38. The second kappa shape index (κ2) is 13.3. The average molecular weight is 539 g/mol. The number of alkyl carbamates (subject to hydrolysis) is 1. The predicted molar refractivity (Wildman–Crippen MR) is 145 cm³/mol. The molecular weight excluding hydrogens is 500 g/mol. The molecule has 0 aromatic heterocycles. The maximum Gasteiger partial charge on any atom is 0.408 e. The van der Waals surface area contributed by atoms with Crippen molar-refractivity contribution < 1.29 is 33.4 Å². The van der Waals surface area contributed by atoms with Gasteiger partial charge in [-0.15, -0.1) is 0 Å². The molecule has 1 aliphatic carbocycles. The number of amides is 2. The highest BCUT2D eigenvalue weighted by Crippen LogP contribution is 2.42. The van der Waals surface area contributed by atoms with E-state index in [0.29, 0.717) is 19.3 Å². The molecule has 0 spiro atoms. The van der Waals surface area contributed by atoms with Gasteiger partial charge < -0.3 is 24.8 Å². The number of nitrogens with one attached hydrogen (secondary N) is 2. The van der Waals surface area contributed by atoms with Crippen LogP contribution in [0.4, 0.5) is 4.79 Å². The molecule has 0 saturated heterocycles. The van der Waals surface area contributed by atoms with Gasteiger partial charge >= 0.3 is 18.0 Å². The van der Waals surface area contributed by atoms with Crippen molar-refractivity contribution in [3.8, 4) is 0 Å². The molecule has 1 saturated carbocycles. The van der Waals surface area contributed by atoms with Gasteiger partial charge in [-0.25, -0.2) is 9.59 Å². The zero-order valence-electron chi connectivity index (χ0n) is 23.0. The van der Waals surface area contributed by atoms with Crippen molar-refractivity contribution in [1.29, 1.82) is 0 Å². The molecule has 3 atom stereocenters. The van der Waals surface area contributed by atoms with E-state index in [0.717, 1.165) is 17.5 Å². The molecule has 2 aromatic rings. The molecule has 1 fully saturated rings. The van der Waals surface area contributed by atoms with Gasteiger partial charge in [-0.3, -0.25) is 9.59 Å². The summed E-state index contributed by atoms with van der Waals surface area (Å²) >= 11 is 0. The van der Waals surface area contributed by atoms with Crippen molar-refractivity contribution in [3.63, 3.8) is 0 Å². The Labute approximate surface area is 229 Å². The number of hydrogen-bond acceptors (Lipinski definition) is 7. The maximum atomic E-state index is 13.7. The number of ether oxygens (including phenoxy) is 3. The topological polar surface area (TPSA) is 120 Å². The van der Waals surface area contributed by atoms with Gasteiger partial charge in [0.2, 0.25) is 5.91 Å². The third kappa shape index (κ3) is 8.30. The lowest BCUT2D eigenvalue weighted by Crippen LogP contribution is -2.63. The fourth-order valence-corrected chi connectivity index (χ4v) is 4.91. The summed E-state index contributed by atoms with van der Waals surface area (Å²) in [5.74, 6) is -2.31. The first-order valence-electron chi connectivity index (χ1n) is 13.2. The number of rotatable bonds is 9. The molecule has 9 heteroatoms. The van der Waals surface area contributed by atoms with E-state index in [1.807, 2.05) is 48.5 Å². The van der Waals surface area contributed by atoms with Crippen LogP contribution in [0.5, 0.6) is 0 Å². The van der Waals surface area contributed by atoms with Crippen LogP contribution in [0.1, 0.15) is 69.9 Å². The molecule has 3 rings (SSSR count). The van der Waals surface area contributed by atoms with E-state index < -0.39 is 47.5 Å². The summed E-state index contributed by atoms with van der Waals surface area (Å²) in [6.07, 6.45) is 1.25. The van der Waals surface area contributed by atoms with Crippen LogP contribution in [-0.4, -0.2) is 48.2 Å². The van der Waals surface area contributed by atoms with Crippen molar-refractivity contribution in [1.82, 2.24) is 10.6 Å². The van der Waals surface area contributed by atoms with Crippen molar-refractivity contribution in [2.45, 2.75) is 82.6 Å². The summed E-state index contributed by atoms with van der Waals surface area (Å²) < 4.78 is 15.9. The largest absolute Gasteiger partial charge is 0.467 e. The van der Waals surface area contributed by atoms with E-state index in [1.54, 1.807) is 32.9 Å². The quantitative estimate of drug-likeness (QED) is 0.359. The monoisotopic (exact) mass is 538 g/mol. The lowest BCUT2D eigenvalue weighted by atomic mass is 9.69. The number of methoxy groups -OCH3 is 1. The Hall–Kier alpha value is -3.88. The minimum Gasteiger partial charge on any atom is -0.467 e. The fourth-order valence-electron chi connectivity index (χ4n) is 4.91. The first-order chi connectivity index (χ1) is 18.5. The zero-order valence-corrected chi connectivity index (χ0v) is 23.0. The van der Waals surface area contributed by atoms with E-state index in [4.69, 9.17) is 14.2 Å². The first-order valence-corrected chi connectivity index (χ1v) is 13.2. The summed E-state index contributed by atoms with van der Waals surface area (Å²) in [6.45, 7) is 5.11.